The highest BCUT2D eigenvalue weighted by Gasteiger charge is 2.31. The van der Waals surface area contributed by atoms with Crippen LogP contribution >= 0.6 is 0 Å². The molecule has 0 aliphatic carbocycles. The van der Waals surface area contributed by atoms with Gasteiger partial charge in [0.25, 0.3) is 0 Å². The normalized spacial score (nSPS) is 15.2. The van der Waals surface area contributed by atoms with Crippen LogP contribution in [0.2, 0.25) is 0 Å². The number of ketones is 1. The largest absolute Gasteiger partial charge is 0.391 e. The van der Waals surface area contributed by atoms with Crippen molar-refractivity contribution in [2.24, 2.45) is 17.4 Å². The van der Waals surface area contributed by atoms with Gasteiger partial charge in [-0.1, -0.05) is 44.2 Å². The first-order chi connectivity index (χ1) is 14.2. The number of hydrogen-bond donors (Lipinski definition) is 6. The minimum absolute atomic E-state index is 0.00838. The molecule has 9 heteroatoms. The summed E-state index contributed by atoms with van der Waals surface area (Å²) in [5, 5.41) is 18.2. The van der Waals surface area contributed by atoms with Crippen molar-refractivity contribution in [3.8, 4) is 0 Å². The Bertz CT molecular complexity index is 681. The second kappa shape index (κ2) is 13.1. The smallest absolute Gasteiger partial charge is 0.245 e. The summed E-state index contributed by atoms with van der Waals surface area (Å²) >= 11 is 0. The summed E-state index contributed by atoms with van der Waals surface area (Å²) in [6, 6.07) is 6.73. The number of hydrogen-bond acceptors (Lipinski definition) is 7. The van der Waals surface area contributed by atoms with E-state index in [1.54, 1.807) is 13.8 Å². The van der Waals surface area contributed by atoms with Crippen LogP contribution in [0.5, 0.6) is 0 Å². The van der Waals surface area contributed by atoms with Gasteiger partial charge in [-0.15, -0.1) is 0 Å². The minimum atomic E-state index is -1.23. The van der Waals surface area contributed by atoms with Gasteiger partial charge in [-0.05, 0) is 25.5 Å². The summed E-state index contributed by atoms with van der Waals surface area (Å²) in [6.07, 6.45) is -0.901. The molecule has 0 aliphatic rings. The molecule has 0 aromatic heterocycles. The molecule has 0 saturated carbocycles. The van der Waals surface area contributed by atoms with Gasteiger partial charge < -0.3 is 32.5 Å². The molecule has 0 fully saturated rings. The Labute approximate surface area is 178 Å². The van der Waals surface area contributed by atoms with Crippen molar-refractivity contribution in [3.05, 3.63) is 35.9 Å². The van der Waals surface area contributed by atoms with Crippen LogP contribution in [0.3, 0.4) is 0 Å². The Morgan fingerprint density at radius 3 is 2.10 bits per heavy atom. The van der Waals surface area contributed by atoms with Crippen LogP contribution in [0.15, 0.2) is 30.3 Å². The second-order valence-electron chi connectivity index (χ2n) is 7.58. The zero-order valence-corrected chi connectivity index (χ0v) is 17.9. The summed E-state index contributed by atoms with van der Waals surface area (Å²) in [7, 11) is 0. The topological polar surface area (TPSA) is 160 Å². The standard InChI is InChI=1S/C21H35N5O4/c1-13(2)19(28)16(9-10-22)25-21(30)18(14(3)27)26-20(29)17(11-23)24-12-15-7-5-4-6-8-15/h4-8,13-14,16-18,24,27H,9-12,22-23H2,1-3H3,(H,25,30)(H,26,29)/t14-,16-,17-,18-/m0/s1. The van der Waals surface area contributed by atoms with Crippen LogP contribution in [-0.2, 0) is 20.9 Å². The quantitative estimate of drug-likeness (QED) is 0.239. The SMILES string of the molecule is CC(C)C(=O)[C@H](CCN)NC(=O)[C@@H](NC(=O)[C@H](CN)NCc1ccccc1)[C@H](C)O. The fraction of sp³-hybridized carbons (Fsp3) is 0.571. The van der Waals surface area contributed by atoms with Gasteiger partial charge in [0.1, 0.15) is 6.04 Å². The van der Waals surface area contributed by atoms with E-state index in [9.17, 15) is 19.5 Å². The second-order valence-corrected chi connectivity index (χ2v) is 7.58. The summed E-state index contributed by atoms with van der Waals surface area (Å²) < 4.78 is 0. The van der Waals surface area contributed by atoms with E-state index in [0.29, 0.717) is 6.54 Å². The number of amides is 2. The molecule has 30 heavy (non-hydrogen) atoms. The van der Waals surface area contributed by atoms with Crippen LogP contribution in [0, 0.1) is 5.92 Å². The number of Topliss-reactive ketones (excluding diaryl/α,β-unsaturated/α-hetero) is 1. The Morgan fingerprint density at radius 2 is 1.60 bits per heavy atom. The number of nitrogens with two attached hydrogens (primary N) is 2. The van der Waals surface area contributed by atoms with Crippen molar-refractivity contribution in [1.82, 2.24) is 16.0 Å². The summed E-state index contributed by atoms with van der Waals surface area (Å²) in [5.74, 6) is -1.61. The number of benzene rings is 1. The predicted molar refractivity (Wildman–Crippen MR) is 115 cm³/mol. The predicted octanol–water partition coefficient (Wildman–Crippen LogP) is -0.972. The maximum atomic E-state index is 12.7. The van der Waals surface area contributed by atoms with Gasteiger partial charge in [0.05, 0.1) is 18.2 Å². The number of aliphatic hydroxyl groups is 1. The van der Waals surface area contributed by atoms with Gasteiger partial charge >= 0.3 is 0 Å². The van der Waals surface area contributed by atoms with E-state index in [0.717, 1.165) is 5.56 Å². The van der Waals surface area contributed by atoms with E-state index in [1.165, 1.54) is 6.92 Å². The molecule has 1 aromatic carbocycles. The molecule has 1 aromatic rings. The van der Waals surface area contributed by atoms with E-state index in [-0.39, 0.29) is 31.2 Å². The lowest BCUT2D eigenvalue weighted by Gasteiger charge is -2.26. The third-order valence-corrected chi connectivity index (χ3v) is 4.69. The molecule has 0 saturated heterocycles. The fourth-order valence-corrected chi connectivity index (χ4v) is 2.90. The van der Waals surface area contributed by atoms with Crippen LogP contribution < -0.4 is 27.4 Å². The van der Waals surface area contributed by atoms with Gasteiger partial charge in [0, 0.05) is 19.0 Å². The summed E-state index contributed by atoms with van der Waals surface area (Å²) in [6.45, 7) is 5.50. The monoisotopic (exact) mass is 421 g/mol. The first-order valence-electron chi connectivity index (χ1n) is 10.2. The fourth-order valence-electron chi connectivity index (χ4n) is 2.90. The van der Waals surface area contributed by atoms with Gasteiger partial charge in [0.15, 0.2) is 5.78 Å². The molecule has 0 heterocycles. The Hall–Kier alpha value is -2.33. The van der Waals surface area contributed by atoms with Crippen molar-refractivity contribution >= 4 is 17.6 Å². The molecule has 0 unspecified atom stereocenters. The number of carbonyl (C=O) groups excluding carboxylic acids is 3. The molecular weight excluding hydrogens is 386 g/mol. The van der Waals surface area contributed by atoms with Gasteiger partial charge in [-0.25, -0.2) is 0 Å². The first kappa shape index (κ1) is 25.7. The maximum absolute atomic E-state index is 12.7. The molecule has 0 radical (unpaired) electrons. The highest BCUT2D eigenvalue weighted by Crippen LogP contribution is 2.05. The molecule has 168 valence electrons. The number of carbonyl (C=O) groups is 3. The Balaban J connectivity index is 2.78. The zero-order valence-electron chi connectivity index (χ0n) is 17.9. The van der Waals surface area contributed by atoms with Crippen molar-refractivity contribution in [2.45, 2.75) is 58.0 Å². The molecule has 0 bridgehead atoms. The van der Waals surface area contributed by atoms with E-state index in [2.05, 4.69) is 16.0 Å². The van der Waals surface area contributed by atoms with Crippen LogP contribution in [0.1, 0.15) is 32.8 Å². The lowest BCUT2D eigenvalue weighted by atomic mass is 9.98. The molecule has 0 spiro atoms. The highest BCUT2D eigenvalue weighted by molar-refractivity contribution is 5.94. The van der Waals surface area contributed by atoms with Gasteiger partial charge in [0.2, 0.25) is 11.8 Å². The number of nitrogens with one attached hydrogen (secondary N) is 3. The third kappa shape index (κ3) is 8.19. The Morgan fingerprint density at radius 1 is 0.967 bits per heavy atom. The lowest BCUT2D eigenvalue weighted by molar-refractivity contribution is -0.135. The van der Waals surface area contributed by atoms with E-state index < -0.39 is 36.0 Å². The van der Waals surface area contributed by atoms with Crippen LogP contribution in [-0.4, -0.2) is 60.0 Å². The van der Waals surface area contributed by atoms with Gasteiger partial charge in [-0.2, -0.15) is 0 Å². The average Bonchev–Trinajstić information content (AvgIpc) is 2.71. The first-order valence-corrected chi connectivity index (χ1v) is 10.2. The lowest BCUT2D eigenvalue weighted by Crippen LogP contribution is -2.59. The van der Waals surface area contributed by atoms with Crippen molar-refractivity contribution in [1.29, 1.82) is 0 Å². The zero-order chi connectivity index (χ0) is 22.7. The third-order valence-electron chi connectivity index (χ3n) is 4.69. The van der Waals surface area contributed by atoms with Crippen molar-refractivity contribution in [2.75, 3.05) is 13.1 Å². The van der Waals surface area contributed by atoms with Gasteiger partial charge in [-0.3, -0.25) is 14.4 Å². The maximum Gasteiger partial charge on any atom is 0.245 e. The van der Waals surface area contributed by atoms with Crippen LogP contribution in [0.4, 0.5) is 0 Å². The minimum Gasteiger partial charge on any atom is -0.391 e. The van der Waals surface area contributed by atoms with E-state index in [1.807, 2.05) is 30.3 Å². The van der Waals surface area contributed by atoms with Crippen molar-refractivity contribution < 1.29 is 19.5 Å². The number of rotatable bonds is 13. The van der Waals surface area contributed by atoms with E-state index in [4.69, 9.17) is 11.5 Å². The highest BCUT2D eigenvalue weighted by atomic mass is 16.3. The molecular formula is C21H35N5O4. The average molecular weight is 422 g/mol. The summed E-state index contributed by atoms with van der Waals surface area (Å²) in [4.78, 5) is 37.6. The molecule has 8 N–H and O–H groups in total. The van der Waals surface area contributed by atoms with Crippen LogP contribution in [0.25, 0.3) is 0 Å². The van der Waals surface area contributed by atoms with Crippen molar-refractivity contribution in [3.63, 3.8) is 0 Å². The molecule has 9 nitrogen and oxygen atoms in total. The molecule has 1 rings (SSSR count). The molecule has 0 aliphatic heterocycles. The van der Waals surface area contributed by atoms with E-state index >= 15 is 0 Å². The summed E-state index contributed by atoms with van der Waals surface area (Å²) in [5.41, 5.74) is 12.2. The molecule has 4 atom stereocenters. The number of aliphatic hydroxyl groups excluding tert-OH is 1. The Kier molecular flexibility index (Phi) is 11.2. The molecule has 2 amide bonds.